The van der Waals surface area contributed by atoms with E-state index in [2.05, 4.69) is 10.3 Å². The Labute approximate surface area is 137 Å². The Kier molecular flexibility index (Phi) is 5.76. The SMILES string of the molecule is CC(NCc1ccc(OCc2nccn2C)cc1)C(=O)N(C)C. The third-order valence-corrected chi connectivity index (χ3v) is 3.64. The average molecular weight is 316 g/mol. The molecule has 1 amide bonds. The zero-order valence-electron chi connectivity index (χ0n) is 14.1. The number of amides is 1. The molecule has 0 aliphatic carbocycles. The van der Waals surface area contributed by atoms with Crippen LogP contribution in [0.2, 0.25) is 0 Å². The number of likely N-dealkylation sites (N-methyl/N-ethyl adjacent to an activating group) is 1. The molecule has 124 valence electrons. The molecule has 2 aromatic rings. The first-order valence-corrected chi connectivity index (χ1v) is 7.60. The maximum absolute atomic E-state index is 11.8. The molecule has 1 heterocycles. The number of rotatable bonds is 7. The first-order chi connectivity index (χ1) is 11.0. The number of nitrogens with zero attached hydrogens (tertiary/aromatic N) is 3. The van der Waals surface area contributed by atoms with Gasteiger partial charge < -0.3 is 19.5 Å². The molecule has 1 aromatic carbocycles. The van der Waals surface area contributed by atoms with Gasteiger partial charge >= 0.3 is 0 Å². The van der Waals surface area contributed by atoms with Gasteiger partial charge in [-0.25, -0.2) is 4.98 Å². The van der Waals surface area contributed by atoms with E-state index in [-0.39, 0.29) is 11.9 Å². The van der Waals surface area contributed by atoms with Crippen LogP contribution in [-0.4, -0.2) is 40.5 Å². The topological polar surface area (TPSA) is 59.4 Å². The summed E-state index contributed by atoms with van der Waals surface area (Å²) in [6.45, 7) is 2.95. The van der Waals surface area contributed by atoms with E-state index in [1.165, 1.54) is 0 Å². The first-order valence-electron chi connectivity index (χ1n) is 7.60. The van der Waals surface area contributed by atoms with Gasteiger partial charge in [0.25, 0.3) is 0 Å². The summed E-state index contributed by atoms with van der Waals surface area (Å²) in [6, 6.07) is 7.64. The Morgan fingerprint density at radius 2 is 2.04 bits per heavy atom. The molecule has 0 saturated heterocycles. The van der Waals surface area contributed by atoms with Gasteiger partial charge in [0.05, 0.1) is 6.04 Å². The minimum absolute atomic E-state index is 0.0695. The summed E-state index contributed by atoms with van der Waals surface area (Å²) in [5, 5.41) is 3.22. The maximum atomic E-state index is 11.8. The van der Waals surface area contributed by atoms with E-state index in [1.807, 2.05) is 49.0 Å². The van der Waals surface area contributed by atoms with Crippen LogP contribution < -0.4 is 10.1 Å². The molecule has 23 heavy (non-hydrogen) atoms. The van der Waals surface area contributed by atoms with Gasteiger partial charge in [-0.15, -0.1) is 0 Å². The van der Waals surface area contributed by atoms with Crippen LogP contribution in [0.1, 0.15) is 18.3 Å². The summed E-state index contributed by atoms with van der Waals surface area (Å²) in [4.78, 5) is 17.6. The number of ether oxygens (including phenoxy) is 1. The molecule has 1 unspecified atom stereocenters. The summed E-state index contributed by atoms with van der Waals surface area (Å²) in [5.41, 5.74) is 1.10. The summed E-state index contributed by atoms with van der Waals surface area (Å²) in [6.07, 6.45) is 3.65. The molecule has 0 saturated carbocycles. The van der Waals surface area contributed by atoms with Crippen LogP contribution >= 0.6 is 0 Å². The van der Waals surface area contributed by atoms with Crippen molar-refractivity contribution in [3.8, 4) is 5.75 Å². The van der Waals surface area contributed by atoms with Gasteiger partial charge in [0, 0.05) is 40.1 Å². The third-order valence-electron chi connectivity index (χ3n) is 3.64. The average Bonchev–Trinajstić information content (AvgIpc) is 2.96. The summed E-state index contributed by atoms with van der Waals surface area (Å²) < 4.78 is 7.65. The lowest BCUT2D eigenvalue weighted by molar-refractivity contribution is -0.130. The predicted molar refractivity (Wildman–Crippen MR) is 89.0 cm³/mol. The fourth-order valence-electron chi connectivity index (χ4n) is 2.13. The van der Waals surface area contributed by atoms with Gasteiger partial charge in [0.1, 0.15) is 18.2 Å². The van der Waals surface area contributed by atoms with Crippen molar-refractivity contribution < 1.29 is 9.53 Å². The lowest BCUT2D eigenvalue weighted by Crippen LogP contribution is -2.41. The molecule has 0 fully saturated rings. The van der Waals surface area contributed by atoms with E-state index in [0.29, 0.717) is 13.2 Å². The van der Waals surface area contributed by atoms with Gasteiger partial charge in [-0.05, 0) is 24.6 Å². The van der Waals surface area contributed by atoms with E-state index in [4.69, 9.17) is 4.74 Å². The standard InChI is InChI=1S/C17H24N4O2/c1-13(17(22)20(2)3)19-11-14-5-7-15(8-6-14)23-12-16-18-9-10-21(16)4/h5-10,13,19H,11-12H2,1-4H3. The molecule has 1 atom stereocenters. The highest BCUT2D eigenvalue weighted by Crippen LogP contribution is 2.14. The van der Waals surface area contributed by atoms with Crippen LogP contribution in [-0.2, 0) is 25.0 Å². The Bertz CT molecular complexity index is 634. The highest BCUT2D eigenvalue weighted by Gasteiger charge is 2.13. The second kappa shape index (κ2) is 7.78. The first kappa shape index (κ1) is 17.0. The lowest BCUT2D eigenvalue weighted by Gasteiger charge is -2.18. The summed E-state index contributed by atoms with van der Waals surface area (Å²) in [5.74, 6) is 1.75. The van der Waals surface area contributed by atoms with Crippen molar-refractivity contribution in [2.75, 3.05) is 14.1 Å². The Morgan fingerprint density at radius 1 is 1.35 bits per heavy atom. The number of hydrogen-bond acceptors (Lipinski definition) is 4. The van der Waals surface area contributed by atoms with E-state index in [0.717, 1.165) is 17.1 Å². The predicted octanol–water partition coefficient (Wildman–Crippen LogP) is 1.57. The maximum Gasteiger partial charge on any atom is 0.238 e. The molecular weight excluding hydrogens is 292 g/mol. The fourth-order valence-corrected chi connectivity index (χ4v) is 2.13. The molecule has 6 heteroatoms. The third kappa shape index (κ3) is 4.82. The van der Waals surface area contributed by atoms with E-state index in [1.54, 1.807) is 25.2 Å². The minimum Gasteiger partial charge on any atom is -0.486 e. The zero-order valence-corrected chi connectivity index (χ0v) is 14.1. The van der Waals surface area contributed by atoms with Gasteiger partial charge in [-0.1, -0.05) is 12.1 Å². The largest absolute Gasteiger partial charge is 0.486 e. The Hall–Kier alpha value is -2.34. The van der Waals surface area contributed by atoms with E-state index >= 15 is 0 Å². The van der Waals surface area contributed by atoms with Crippen LogP contribution in [0.25, 0.3) is 0 Å². The fraction of sp³-hybridized carbons (Fsp3) is 0.412. The van der Waals surface area contributed by atoms with Crippen molar-refractivity contribution in [1.29, 1.82) is 0 Å². The molecule has 1 aromatic heterocycles. The molecular formula is C17H24N4O2. The minimum atomic E-state index is -0.204. The van der Waals surface area contributed by atoms with Gasteiger partial charge in [-0.2, -0.15) is 0 Å². The number of imidazole rings is 1. The lowest BCUT2D eigenvalue weighted by atomic mass is 10.2. The Morgan fingerprint density at radius 3 is 2.61 bits per heavy atom. The Balaban J connectivity index is 1.82. The molecule has 0 bridgehead atoms. The number of aromatic nitrogens is 2. The van der Waals surface area contributed by atoms with Crippen LogP contribution in [0.5, 0.6) is 5.75 Å². The van der Waals surface area contributed by atoms with Crippen LogP contribution in [0.15, 0.2) is 36.7 Å². The molecule has 2 rings (SSSR count). The smallest absolute Gasteiger partial charge is 0.238 e. The highest BCUT2D eigenvalue weighted by atomic mass is 16.5. The molecule has 6 nitrogen and oxygen atoms in total. The number of carbonyl (C=O) groups excluding carboxylic acids is 1. The zero-order chi connectivity index (χ0) is 16.8. The summed E-state index contributed by atoms with van der Waals surface area (Å²) in [7, 11) is 5.46. The van der Waals surface area contributed by atoms with Gasteiger partial charge in [0.2, 0.25) is 5.91 Å². The molecule has 0 aliphatic rings. The van der Waals surface area contributed by atoms with E-state index < -0.39 is 0 Å². The van der Waals surface area contributed by atoms with Crippen LogP contribution in [0, 0.1) is 0 Å². The number of carbonyl (C=O) groups is 1. The van der Waals surface area contributed by atoms with Gasteiger partial charge in [-0.3, -0.25) is 4.79 Å². The summed E-state index contributed by atoms with van der Waals surface area (Å²) >= 11 is 0. The van der Waals surface area contributed by atoms with Crippen molar-refractivity contribution in [2.24, 2.45) is 7.05 Å². The molecule has 0 radical (unpaired) electrons. The van der Waals surface area contributed by atoms with Crippen molar-refractivity contribution in [2.45, 2.75) is 26.1 Å². The highest BCUT2D eigenvalue weighted by molar-refractivity contribution is 5.80. The second-order valence-electron chi connectivity index (χ2n) is 5.72. The van der Waals surface area contributed by atoms with Gasteiger partial charge in [0.15, 0.2) is 0 Å². The van der Waals surface area contributed by atoms with Crippen molar-refractivity contribution in [3.05, 3.63) is 48.0 Å². The van der Waals surface area contributed by atoms with Crippen molar-refractivity contribution in [1.82, 2.24) is 19.8 Å². The second-order valence-corrected chi connectivity index (χ2v) is 5.72. The number of nitrogens with one attached hydrogen (secondary N) is 1. The molecule has 0 aliphatic heterocycles. The van der Waals surface area contributed by atoms with Crippen LogP contribution in [0.3, 0.4) is 0 Å². The number of benzene rings is 1. The normalized spacial score (nSPS) is 12.0. The van der Waals surface area contributed by atoms with Crippen LogP contribution in [0.4, 0.5) is 0 Å². The quantitative estimate of drug-likeness (QED) is 0.842. The number of hydrogen-bond donors (Lipinski definition) is 1. The number of aryl methyl sites for hydroxylation is 1. The van der Waals surface area contributed by atoms with E-state index in [9.17, 15) is 4.79 Å². The monoisotopic (exact) mass is 316 g/mol. The molecule has 0 spiro atoms. The van der Waals surface area contributed by atoms with Crippen molar-refractivity contribution in [3.63, 3.8) is 0 Å². The van der Waals surface area contributed by atoms with Crippen molar-refractivity contribution >= 4 is 5.91 Å². The molecule has 1 N–H and O–H groups in total.